The molecule has 1 amide bonds. The molecule has 0 bridgehead atoms. The summed E-state index contributed by atoms with van der Waals surface area (Å²) in [5, 5.41) is 3.35. The Morgan fingerprint density at radius 1 is 1.47 bits per heavy atom. The summed E-state index contributed by atoms with van der Waals surface area (Å²) in [5.41, 5.74) is 0.161. The highest BCUT2D eigenvalue weighted by Crippen LogP contribution is 2.33. The lowest BCUT2D eigenvalue weighted by atomic mass is 9.95. The molecule has 3 unspecified atom stereocenters. The van der Waals surface area contributed by atoms with Gasteiger partial charge in [-0.1, -0.05) is 6.07 Å². The van der Waals surface area contributed by atoms with E-state index in [1.807, 2.05) is 4.90 Å². The molecule has 2 heterocycles. The van der Waals surface area contributed by atoms with E-state index in [-0.39, 0.29) is 17.5 Å². The first-order valence-electron chi connectivity index (χ1n) is 6.55. The van der Waals surface area contributed by atoms with Crippen LogP contribution in [0.3, 0.4) is 0 Å². The zero-order valence-corrected chi connectivity index (χ0v) is 12.3. The van der Waals surface area contributed by atoms with Gasteiger partial charge in [0.15, 0.2) is 0 Å². The number of nitrogens with one attached hydrogen (secondary N) is 1. The summed E-state index contributed by atoms with van der Waals surface area (Å²) in [6, 6.07) is 5.04. The number of hydrogen-bond donors (Lipinski definition) is 1. The Bertz CT molecular complexity index is 522. The van der Waals surface area contributed by atoms with Gasteiger partial charge >= 0.3 is 0 Å². The third kappa shape index (κ3) is 2.09. The van der Waals surface area contributed by atoms with Crippen molar-refractivity contribution in [3.8, 4) is 0 Å². The van der Waals surface area contributed by atoms with E-state index < -0.39 is 5.82 Å². The fourth-order valence-electron chi connectivity index (χ4n) is 3.26. The van der Waals surface area contributed by atoms with E-state index in [9.17, 15) is 9.18 Å². The highest BCUT2D eigenvalue weighted by Gasteiger charge is 2.44. The van der Waals surface area contributed by atoms with E-state index in [0.29, 0.717) is 16.3 Å². The minimum absolute atomic E-state index is 0.161. The average molecular weight is 327 g/mol. The molecular formula is C14H16BrFN2O. The van der Waals surface area contributed by atoms with Crippen LogP contribution in [0.25, 0.3) is 0 Å². The molecule has 0 spiro atoms. The summed E-state index contributed by atoms with van der Waals surface area (Å²) in [4.78, 5) is 14.3. The van der Waals surface area contributed by atoms with Crippen molar-refractivity contribution in [1.29, 1.82) is 0 Å². The first kappa shape index (κ1) is 13.1. The maximum absolute atomic E-state index is 14.0. The van der Waals surface area contributed by atoms with Gasteiger partial charge in [0.25, 0.3) is 5.91 Å². The molecule has 0 radical (unpaired) electrons. The lowest BCUT2D eigenvalue weighted by Crippen LogP contribution is -2.38. The summed E-state index contributed by atoms with van der Waals surface area (Å²) in [6.07, 6.45) is 0. The molecule has 2 aliphatic heterocycles. The molecular weight excluding hydrogens is 311 g/mol. The molecule has 0 saturated carbocycles. The number of nitrogens with zero attached hydrogens (tertiary/aromatic N) is 1. The average Bonchev–Trinajstić information content (AvgIpc) is 2.96. The lowest BCUT2D eigenvalue weighted by molar-refractivity contribution is 0.0723. The first-order valence-corrected chi connectivity index (χ1v) is 7.34. The van der Waals surface area contributed by atoms with Crippen LogP contribution in [0.5, 0.6) is 0 Å². The van der Waals surface area contributed by atoms with Gasteiger partial charge < -0.3 is 10.2 Å². The Hall–Kier alpha value is -0.940. The van der Waals surface area contributed by atoms with Crippen molar-refractivity contribution in [2.45, 2.75) is 13.0 Å². The molecule has 0 aromatic heterocycles. The molecule has 2 saturated heterocycles. The smallest absolute Gasteiger partial charge is 0.257 e. The molecule has 3 rings (SSSR count). The summed E-state index contributed by atoms with van der Waals surface area (Å²) < 4.78 is 14.4. The van der Waals surface area contributed by atoms with Crippen LogP contribution in [0.1, 0.15) is 17.3 Å². The number of hydrogen-bond acceptors (Lipinski definition) is 2. The van der Waals surface area contributed by atoms with Crippen LogP contribution in [-0.2, 0) is 0 Å². The predicted octanol–water partition coefficient (Wildman–Crippen LogP) is 2.27. The minimum atomic E-state index is -0.463. The molecule has 1 aromatic rings. The second-order valence-corrected chi connectivity index (χ2v) is 6.24. The fraction of sp³-hybridized carbons (Fsp3) is 0.500. The summed E-state index contributed by atoms with van der Waals surface area (Å²) in [6.45, 7) is 4.70. The lowest BCUT2D eigenvalue weighted by Gasteiger charge is -2.24. The van der Waals surface area contributed by atoms with E-state index in [1.54, 1.807) is 18.2 Å². The van der Waals surface area contributed by atoms with Crippen LogP contribution in [0, 0.1) is 17.7 Å². The third-order valence-corrected chi connectivity index (χ3v) is 4.99. The van der Waals surface area contributed by atoms with Crippen molar-refractivity contribution in [2.75, 3.05) is 19.6 Å². The van der Waals surface area contributed by atoms with Crippen LogP contribution < -0.4 is 5.32 Å². The molecule has 102 valence electrons. The van der Waals surface area contributed by atoms with Gasteiger partial charge in [-0.25, -0.2) is 4.39 Å². The van der Waals surface area contributed by atoms with E-state index >= 15 is 0 Å². The maximum atomic E-state index is 14.0. The number of rotatable bonds is 1. The molecule has 5 heteroatoms. The van der Waals surface area contributed by atoms with Crippen molar-refractivity contribution in [3.05, 3.63) is 34.1 Å². The quantitative estimate of drug-likeness (QED) is 0.858. The van der Waals surface area contributed by atoms with Crippen LogP contribution in [0.15, 0.2) is 22.7 Å². The van der Waals surface area contributed by atoms with E-state index in [0.717, 1.165) is 19.6 Å². The number of likely N-dealkylation sites (tertiary alicyclic amines) is 1. The highest BCUT2D eigenvalue weighted by molar-refractivity contribution is 9.10. The number of carbonyl (C=O) groups is 1. The number of halogens is 2. The number of benzene rings is 1. The third-order valence-electron chi connectivity index (χ3n) is 4.38. The normalized spacial score (nSPS) is 29.6. The first-order chi connectivity index (χ1) is 9.09. The van der Waals surface area contributed by atoms with Crippen molar-refractivity contribution in [3.63, 3.8) is 0 Å². The van der Waals surface area contributed by atoms with Crippen LogP contribution >= 0.6 is 15.9 Å². The van der Waals surface area contributed by atoms with Gasteiger partial charge in [0.2, 0.25) is 0 Å². The van der Waals surface area contributed by atoms with Gasteiger partial charge in [0.1, 0.15) is 5.82 Å². The van der Waals surface area contributed by atoms with Crippen molar-refractivity contribution < 1.29 is 9.18 Å². The zero-order chi connectivity index (χ0) is 13.6. The van der Waals surface area contributed by atoms with Crippen LogP contribution in [0.2, 0.25) is 0 Å². The minimum Gasteiger partial charge on any atom is -0.335 e. The van der Waals surface area contributed by atoms with Gasteiger partial charge in [0.05, 0.1) is 10.0 Å². The molecule has 1 N–H and O–H groups in total. The molecule has 1 aromatic carbocycles. The Morgan fingerprint density at radius 2 is 2.26 bits per heavy atom. The summed E-state index contributed by atoms with van der Waals surface area (Å²) >= 11 is 3.13. The van der Waals surface area contributed by atoms with Gasteiger partial charge in [-0.3, -0.25) is 4.79 Å². The molecule has 2 aliphatic rings. The standard InChI is InChI=1S/C14H16BrFN2O/c1-8-11-6-17-5-9(11)7-18(8)14(19)10-3-2-4-12(15)13(10)16/h2-4,8-9,11,17H,5-7H2,1H3. The van der Waals surface area contributed by atoms with Gasteiger partial charge in [-0.05, 0) is 46.8 Å². The van der Waals surface area contributed by atoms with Crippen LogP contribution in [-0.4, -0.2) is 36.5 Å². The summed E-state index contributed by atoms with van der Waals surface area (Å²) in [7, 11) is 0. The van der Waals surface area contributed by atoms with Gasteiger partial charge in [-0.15, -0.1) is 0 Å². The second kappa shape index (κ2) is 4.87. The van der Waals surface area contributed by atoms with E-state index in [1.165, 1.54) is 0 Å². The predicted molar refractivity (Wildman–Crippen MR) is 74.4 cm³/mol. The van der Waals surface area contributed by atoms with Gasteiger partial charge in [0, 0.05) is 25.7 Å². The number of amides is 1. The Morgan fingerprint density at radius 3 is 3.00 bits per heavy atom. The molecule has 3 nitrogen and oxygen atoms in total. The topological polar surface area (TPSA) is 32.3 Å². The molecule has 2 fully saturated rings. The van der Waals surface area contributed by atoms with E-state index in [4.69, 9.17) is 0 Å². The largest absolute Gasteiger partial charge is 0.335 e. The molecule has 0 aliphatic carbocycles. The number of fused-ring (bicyclic) bond motifs is 1. The van der Waals surface area contributed by atoms with Crippen LogP contribution in [0.4, 0.5) is 4.39 Å². The second-order valence-electron chi connectivity index (χ2n) is 5.38. The van der Waals surface area contributed by atoms with Crippen molar-refractivity contribution in [2.24, 2.45) is 11.8 Å². The number of carbonyl (C=O) groups excluding carboxylic acids is 1. The van der Waals surface area contributed by atoms with Crippen molar-refractivity contribution >= 4 is 21.8 Å². The maximum Gasteiger partial charge on any atom is 0.257 e. The SMILES string of the molecule is CC1C2CNCC2CN1C(=O)c1cccc(Br)c1F. The zero-order valence-electron chi connectivity index (χ0n) is 10.7. The Kier molecular flexibility index (Phi) is 3.35. The highest BCUT2D eigenvalue weighted by atomic mass is 79.9. The van der Waals surface area contributed by atoms with Crippen molar-refractivity contribution in [1.82, 2.24) is 10.2 Å². The van der Waals surface area contributed by atoms with Gasteiger partial charge in [-0.2, -0.15) is 0 Å². The molecule has 3 atom stereocenters. The Labute approximate surface area is 120 Å². The monoisotopic (exact) mass is 326 g/mol. The summed E-state index contributed by atoms with van der Waals surface area (Å²) in [5.74, 6) is 0.351. The molecule has 19 heavy (non-hydrogen) atoms. The Balaban J connectivity index is 1.87. The fourth-order valence-corrected chi connectivity index (χ4v) is 3.63. The van der Waals surface area contributed by atoms with E-state index in [2.05, 4.69) is 28.2 Å².